The first-order valence-electron chi connectivity index (χ1n) is 8.50. The molecule has 4 nitrogen and oxygen atoms in total. The molecule has 0 aliphatic heterocycles. The Bertz CT molecular complexity index is 944. The van der Waals surface area contributed by atoms with E-state index in [1.54, 1.807) is 0 Å². The normalized spacial score (nSPS) is 11.5. The number of carbonyl (C=O) groups excluding carboxylic acids is 1. The Morgan fingerprint density at radius 3 is 2.54 bits per heavy atom. The minimum atomic E-state index is -0.944. The van der Waals surface area contributed by atoms with Gasteiger partial charge in [-0.2, -0.15) is 13.5 Å². The lowest BCUT2D eigenvalue weighted by Gasteiger charge is -2.11. The number of hydrogen-bond acceptors (Lipinski definition) is 4. The maximum atomic E-state index is 12.4. The van der Waals surface area contributed by atoms with Crippen LogP contribution in [0.2, 0.25) is 0 Å². The highest BCUT2D eigenvalue weighted by molar-refractivity contribution is 9.10. The number of hydrogen-bond donors (Lipinski definition) is 1. The van der Waals surface area contributed by atoms with E-state index in [0.717, 1.165) is 20.6 Å². The molecule has 0 radical (unpaired) electrons. The number of carbonyl (C=O) groups is 2. The number of carboxylic acid groups (broad SMARTS) is 1. The van der Waals surface area contributed by atoms with Crippen molar-refractivity contribution in [2.45, 2.75) is 19.3 Å². The van der Waals surface area contributed by atoms with Crippen LogP contribution >= 0.6 is 40.8 Å². The lowest BCUT2D eigenvalue weighted by Crippen LogP contribution is -2.21. The van der Waals surface area contributed by atoms with Gasteiger partial charge in [0.1, 0.15) is 10.8 Å². The molecule has 0 aliphatic carbocycles. The molecule has 0 amide bonds. The van der Waals surface area contributed by atoms with Gasteiger partial charge in [-0.15, -0.1) is 11.3 Å². The number of carboxylic acids is 1. The molecular weight excluding hydrogens is 458 g/mol. The van der Waals surface area contributed by atoms with Gasteiger partial charge in [0.25, 0.3) is 0 Å². The van der Waals surface area contributed by atoms with Crippen LogP contribution in [-0.2, 0) is 22.4 Å². The number of aromatic nitrogens is 1. The minimum absolute atomic E-state index is 0. The number of aliphatic carboxylic acids is 1. The highest BCUT2D eigenvalue weighted by Crippen LogP contribution is 2.26. The Balaban J connectivity index is 0.00000280. The van der Waals surface area contributed by atoms with Crippen molar-refractivity contribution in [1.29, 1.82) is 0 Å². The van der Waals surface area contributed by atoms with Crippen molar-refractivity contribution < 1.29 is 14.7 Å². The van der Waals surface area contributed by atoms with Crippen LogP contribution in [0.1, 0.15) is 17.7 Å². The first-order chi connectivity index (χ1) is 13.0. The monoisotopic (exact) mass is 477 g/mol. The molecule has 1 atom stereocenters. The van der Waals surface area contributed by atoms with Gasteiger partial charge in [-0.25, -0.2) is 4.98 Å². The summed E-state index contributed by atoms with van der Waals surface area (Å²) < 4.78 is 0.970. The summed E-state index contributed by atoms with van der Waals surface area (Å²) in [6.45, 7) is 0. The van der Waals surface area contributed by atoms with E-state index in [-0.39, 0.29) is 32.1 Å². The maximum absolute atomic E-state index is 12.4. The zero-order valence-electron chi connectivity index (χ0n) is 15.0. The predicted octanol–water partition coefficient (Wildman–Crippen LogP) is 5.13. The smallest absolute Gasteiger partial charge is 0.307 e. The van der Waals surface area contributed by atoms with Gasteiger partial charge in [0.2, 0.25) is 0 Å². The lowest BCUT2D eigenvalue weighted by molar-refractivity contribution is -0.143. The van der Waals surface area contributed by atoms with E-state index in [4.69, 9.17) is 0 Å². The van der Waals surface area contributed by atoms with Gasteiger partial charge >= 0.3 is 5.97 Å². The van der Waals surface area contributed by atoms with Crippen molar-refractivity contribution in [2.75, 3.05) is 0 Å². The summed E-state index contributed by atoms with van der Waals surface area (Å²) >= 11 is 4.92. The van der Waals surface area contributed by atoms with E-state index in [1.165, 1.54) is 11.3 Å². The van der Waals surface area contributed by atoms with Crippen molar-refractivity contribution in [3.63, 3.8) is 0 Å². The third-order valence-electron chi connectivity index (χ3n) is 4.15. The number of thiazole rings is 1. The molecule has 0 fully saturated rings. The largest absolute Gasteiger partial charge is 0.481 e. The molecule has 1 N–H and O–H groups in total. The van der Waals surface area contributed by atoms with Crippen molar-refractivity contribution in [3.8, 4) is 10.6 Å². The van der Waals surface area contributed by atoms with Gasteiger partial charge in [0.15, 0.2) is 0 Å². The quantitative estimate of drug-likeness (QED) is 0.488. The topological polar surface area (TPSA) is 67.3 Å². The standard InChI is InChI=1S/C21H18BrNO3S.H2S/c22-17-8-4-7-15(10-17)20-23-18(13-27-20)12-19(24)11-16(21(25)26)9-14-5-2-1-3-6-14;/h1-8,10,13,16H,9,11-12H2,(H,25,26);1H2/t16-;/m1./s1. The van der Waals surface area contributed by atoms with Crippen molar-refractivity contribution in [1.82, 2.24) is 4.98 Å². The summed E-state index contributed by atoms with van der Waals surface area (Å²) in [5, 5.41) is 12.2. The number of benzene rings is 2. The fourth-order valence-corrected chi connectivity index (χ4v) is 4.05. The zero-order chi connectivity index (χ0) is 19.2. The van der Waals surface area contributed by atoms with Crippen molar-refractivity contribution in [2.24, 2.45) is 5.92 Å². The van der Waals surface area contributed by atoms with E-state index in [2.05, 4.69) is 20.9 Å². The van der Waals surface area contributed by atoms with E-state index in [9.17, 15) is 14.7 Å². The van der Waals surface area contributed by atoms with E-state index in [1.807, 2.05) is 60.0 Å². The molecule has 0 unspecified atom stereocenters. The Morgan fingerprint density at radius 1 is 1.11 bits per heavy atom. The molecule has 1 heterocycles. The number of ketones is 1. The van der Waals surface area contributed by atoms with Crippen LogP contribution < -0.4 is 0 Å². The molecule has 2 aromatic carbocycles. The minimum Gasteiger partial charge on any atom is -0.481 e. The second kappa shape index (κ2) is 10.5. The van der Waals surface area contributed by atoms with Crippen LogP contribution in [0.4, 0.5) is 0 Å². The number of rotatable bonds is 8. The first kappa shape index (κ1) is 22.3. The van der Waals surface area contributed by atoms with Crippen LogP contribution in [0.25, 0.3) is 10.6 Å². The summed E-state index contributed by atoms with van der Waals surface area (Å²) in [6, 6.07) is 17.2. The predicted molar refractivity (Wildman–Crippen MR) is 120 cm³/mol. The molecule has 0 spiro atoms. The average Bonchev–Trinajstić information content (AvgIpc) is 3.10. The Hall–Kier alpha value is -1.96. The van der Waals surface area contributed by atoms with Gasteiger partial charge in [-0.3, -0.25) is 9.59 Å². The lowest BCUT2D eigenvalue weighted by atomic mass is 9.93. The Kier molecular flexibility index (Phi) is 8.41. The van der Waals surface area contributed by atoms with Gasteiger partial charge in [-0.1, -0.05) is 58.4 Å². The van der Waals surface area contributed by atoms with Crippen LogP contribution in [0.5, 0.6) is 0 Å². The fraction of sp³-hybridized carbons (Fsp3) is 0.190. The van der Waals surface area contributed by atoms with Gasteiger partial charge in [0, 0.05) is 28.3 Å². The molecule has 146 valence electrons. The molecule has 1 aromatic heterocycles. The SMILES string of the molecule is O=C(Cc1csc(-c2cccc(Br)c2)n1)C[C@@H](Cc1ccccc1)C(=O)O.S. The molecule has 0 aliphatic rings. The van der Waals surface area contributed by atoms with E-state index >= 15 is 0 Å². The van der Waals surface area contributed by atoms with Crippen LogP contribution in [0, 0.1) is 5.92 Å². The van der Waals surface area contributed by atoms with Crippen LogP contribution in [0.3, 0.4) is 0 Å². The number of nitrogens with zero attached hydrogens (tertiary/aromatic N) is 1. The molecule has 0 saturated heterocycles. The third kappa shape index (κ3) is 6.29. The maximum Gasteiger partial charge on any atom is 0.307 e. The van der Waals surface area contributed by atoms with Gasteiger partial charge < -0.3 is 5.11 Å². The molecule has 7 heteroatoms. The molecule has 0 bridgehead atoms. The highest BCUT2D eigenvalue weighted by Gasteiger charge is 2.22. The van der Waals surface area contributed by atoms with Crippen molar-refractivity contribution in [3.05, 3.63) is 75.7 Å². The highest BCUT2D eigenvalue weighted by atomic mass is 79.9. The molecule has 28 heavy (non-hydrogen) atoms. The first-order valence-corrected chi connectivity index (χ1v) is 10.2. The molecular formula is C21H20BrNO3S2. The zero-order valence-corrected chi connectivity index (χ0v) is 18.4. The third-order valence-corrected chi connectivity index (χ3v) is 5.58. The summed E-state index contributed by atoms with van der Waals surface area (Å²) in [4.78, 5) is 28.5. The Morgan fingerprint density at radius 2 is 1.86 bits per heavy atom. The second-order valence-electron chi connectivity index (χ2n) is 6.30. The summed E-state index contributed by atoms with van der Waals surface area (Å²) in [5.41, 5.74) is 2.59. The van der Waals surface area contributed by atoms with E-state index < -0.39 is 11.9 Å². The van der Waals surface area contributed by atoms with Crippen LogP contribution in [-0.4, -0.2) is 21.8 Å². The molecule has 0 saturated carbocycles. The molecule has 3 aromatic rings. The van der Waals surface area contributed by atoms with Gasteiger partial charge in [0.05, 0.1) is 11.6 Å². The summed E-state index contributed by atoms with van der Waals surface area (Å²) in [7, 11) is 0. The Labute approximate surface area is 183 Å². The molecule has 3 rings (SSSR count). The average molecular weight is 478 g/mol. The van der Waals surface area contributed by atoms with Crippen molar-refractivity contribution >= 4 is 52.5 Å². The van der Waals surface area contributed by atoms with E-state index in [0.29, 0.717) is 12.1 Å². The van der Waals surface area contributed by atoms with Crippen LogP contribution in [0.15, 0.2) is 64.5 Å². The number of halogens is 1. The fourth-order valence-electron chi connectivity index (χ4n) is 2.84. The summed E-state index contributed by atoms with van der Waals surface area (Å²) in [5.74, 6) is -1.77. The second-order valence-corrected chi connectivity index (χ2v) is 8.07. The number of Topliss-reactive ketones (excluding diaryl/α,β-unsaturated/α-hetero) is 1. The summed E-state index contributed by atoms with van der Waals surface area (Å²) in [6.07, 6.45) is 0.513. The van der Waals surface area contributed by atoms with Gasteiger partial charge in [-0.05, 0) is 24.1 Å².